The van der Waals surface area contributed by atoms with Gasteiger partial charge in [0.15, 0.2) is 5.16 Å². The molecule has 0 fully saturated rings. The summed E-state index contributed by atoms with van der Waals surface area (Å²) in [4.78, 5) is 14.2. The lowest BCUT2D eigenvalue weighted by molar-refractivity contribution is 0.405. The number of hydrogen-bond acceptors (Lipinski definition) is 8. The van der Waals surface area contributed by atoms with E-state index >= 15 is 0 Å². The van der Waals surface area contributed by atoms with Gasteiger partial charge in [0, 0.05) is 33.7 Å². The number of ether oxygens (including phenoxy) is 1. The van der Waals surface area contributed by atoms with Crippen LogP contribution in [0.15, 0.2) is 29.4 Å². The Labute approximate surface area is 288 Å². The first-order chi connectivity index (χ1) is 21.6. The Morgan fingerprint density at radius 2 is 1.06 bits per heavy atom. The van der Waals surface area contributed by atoms with Gasteiger partial charge in [0.05, 0.1) is 0 Å². The number of rotatable bonds is 12. The van der Waals surface area contributed by atoms with Crippen LogP contribution in [-0.2, 0) is 21.7 Å². The van der Waals surface area contributed by atoms with Gasteiger partial charge >= 0.3 is 6.01 Å². The minimum absolute atomic E-state index is 0.184. The van der Waals surface area contributed by atoms with Crippen LogP contribution in [0.2, 0.25) is 0 Å². The highest BCUT2D eigenvalue weighted by Gasteiger charge is 2.29. The van der Waals surface area contributed by atoms with E-state index < -0.39 is 0 Å². The fraction of sp³-hybridized carbons (Fsp3) is 0.615. The summed E-state index contributed by atoms with van der Waals surface area (Å²) in [5.74, 6) is 2.45. The van der Waals surface area contributed by atoms with Gasteiger partial charge in [0.25, 0.3) is 0 Å². The fourth-order valence-electron chi connectivity index (χ4n) is 5.44. The van der Waals surface area contributed by atoms with Crippen molar-refractivity contribution in [3.8, 4) is 23.3 Å². The summed E-state index contributed by atoms with van der Waals surface area (Å²) < 4.78 is 6.40. The van der Waals surface area contributed by atoms with Gasteiger partial charge in [-0.1, -0.05) is 134 Å². The first kappa shape index (κ1) is 38.4. The van der Waals surface area contributed by atoms with Gasteiger partial charge in [0.1, 0.15) is 17.2 Å². The van der Waals surface area contributed by atoms with Gasteiger partial charge in [-0.05, 0) is 52.3 Å². The smallest absolute Gasteiger partial charge is 0.327 e. The fourth-order valence-corrected chi connectivity index (χ4v) is 6.27. The molecule has 0 aliphatic rings. The lowest BCUT2D eigenvalue weighted by Gasteiger charge is -2.28. The molecule has 3 N–H and O–H groups in total. The van der Waals surface area contributed by atoms with E-state index in [1.54, 1.807) is 11.8 Å². The molecule has 8 heteroatoms. The van der Waals surface area contributed by atoms with Crippen LogP contribution in [0.25, 0.3) is 0 Å². The van der Waals surface area contributed by atoms with Crippen molar-refractivity contribution in [1.29, 1.82) is 0 Å². The summed E-state index contributed by atoms with van der Waals surface area (Å²) in [6, 6.07) is 7.90. The molecule has 0 radical (unpaired) electrons. The average molecular weight is 665 g/mol. The van der Waals surface area contributed by atoms with E-state index in [0.717, 1.165) is 40.1 Å². The molecule has 3 aromatic rings. The standard InChI is InChI=1S/C39H60N4O3S/c1-14-15-16-17-18-19-20-47-35-42-33(40-25-21-27(36(2,3)4)31(44)28(22-25)37(5,6)7)41-34(43-35)46-26-23-29(38(8,9)10)32(45)30(24-26)39(11,12)13/h21-24,44-45H,14-20H2,1-13H3,(H,40,41,42,43). The summed E-state index contributed by atoms with van der Waals surface area (Å²) in [7, 11) is 0. The van der Waals surface area contributed by atoms with Gasteiger partial charge < -0.3 is 20.3 Å². The lowest BCUT2D eigenvalue weighted by atomic mass is 9.79. The van der Waals surface area contributed by atoms with E-state index in [1.165, 1.54) is 32.1 Å². The maximum Gasteiger partial charge on any atom is 0.327 e. The van der Waals surface area contributed by atoms with Crippen LogP contribution >= 0.6 is 11.8 Å². The van der Waals surface area contributed by atoms with Crippen LogP contribution < -0.4 is 10.1 Å². The number of anilines is 2. The molecule has 1 aromatic heterocycles. The van der Waals surface area contributed by atoms with Crippen LogP contribution in [-0.4, -0.2) is 30.9 Å². The van der Waals surface area contributed by atoms with Crippen molar-refractivity contribution in [3.63, 3.8) is 0 Å². The number of phenolic OH excluding ortho intramolecular Hbond substituents is 2. The van der Waals surface area contributed by atoms with Crippen molar-refractivity contribution >= 4 is 23.4 Å². The zero-order chi connectivity index (χ0) is 35.4. The summed E-state index contributed by atoms with van der Waals surface area (Å²) in [6.07, 6.45) is 7.31. The number of nitrogens with one attached hydrogen (secondary N) is 1. The first-order valence-corrected chi connectivity index (χ1v) is 18.2. The van der Waals surface area contributed by atoms with Crippen LogP contribution in [0.5, 0.6) is 23.3 Å². The molecule has 1 heterocycles. The van der Waals surface area contributed by atoms with Crippen LogP contribution in [0.3, 0.4) is 0 Å². The molecule has 0 aliphatic carbocycles. The number of aromatic nitrogens is 3. The maximum atomic E-state index is 11.3. The Balaban J connectivity index is 2.07. The zero-order valence-corrected chi connectivity index (χ0v) is 32.1. The topological polar surface area (TPSA) is 100 Å². The molecule has 0 saturated carbocycles. The molecule has 0 spiro atoms. The zero-order valence-electron chi connectivity index (χ0n) is 31.3. The molecule has 0 aliphatic heterocycles. The Bertz CT molecular complexity index is 1340. The van der Waals surface area contributed by atoms with Gasteiger partial charge in [-0.25, -0.2) is 0 Å². The lowest BCUT2D eigenvalue weighted by Crippen LogP contribution is -2.18. The van der Waals surface area contributed by atoms with Crippen LogP contribution in [0.1, 0.15) is 151 Å². The second-order valence-electron chi connectivity index (χ2n) is 16.9. The molecule has 0 unspecified atom stereocenters. The number of nitrogens with zero attached hydrogens (tertiary/aromatic N) is 3. The van der Waals surface area contributed by atoms with Gasteiger partial charge in [-0.15, -0.1) is 0 Å². The molecule has 7 nitrogen and oxygen atoms in total. The maximum absolute atomic E-state index is 11.3. The molecule has 47 heavy (non-hydrogen) atoms. The van der Waals surface area contributed by atoms with Crippen molar-refractivity contribution < 1.29 is 14.9 Å². The second-order valence-corrected chi connectivity index (χ2v) is 17.9. The summed E-state index contributed by atoms with van der Waals surface area (Å²) in [5, 5.41) is 26.5. The minimum Gasteiger partial charge on any atom is -0.507 e. The van der Waals surface area contributed by atoms with E-state index in [4.69, 9.17) is 19.7 Å². The molecule has 2 aromatic carbocycles. The predicted octanol–water partition coefficient (Wildman–Crippen LogP) is 11.5. The second kappa shape index (κ2) is 15.0. The Hall–Kier alpha value is -3.00. The molecule has 260 valence electrons. The number of unbranched alkanes of at least 4 members (excludes halogenated alkanes) is 5. The molecule has 0 saturated heterocycles. The van der Waals surface area contributed by atoms with Crippen molar-refractivity contribution in [1.82, 2.24) is 15.0 Å². The number of phenols is 2. The Morgan fingerprint density at radius 1 is 0.617 bits per heavy atom. The normalized spacial score (nSPS) is 12.8. The third-order valence-electron chi connectivity index (χ3n) is 8.21. The minimum atomic E-state index is -0.304. The molecule has 0 bridgehead atoms. The summed E-state index contributed by atoms with van der Waals surface area (Å²) >= 11 is 1.61. The number of benzene rings is 2. The van der Waals surface area contributed by atoms with Gasteiger partial charge in [0.2, 0.25) is 5.95 Å². The number of aromatic hydroxyl groups is 2. The quantitative estimate of drug-likeness (QED) is 0.0999. The molecular formula is C39H60N4O3S. The van der Waals surface area contributed by atoms with Gasteiger partial charge in [-0.2, -0.15) is 15.0 Å². The summed E-state index contributed by atoms with van der Waals surface area (Å²) in [5.41, 5.74) is 2.94. The highest BCUT2D eigenvalue weighted by Crippen LogP contribution is 2.43. The Morgan fingerprint density at radius 3 is 1.53 bits per heavy atom. The first-order valence-electron chi connectivity index (χ1n) is 17.2. The Kier molecular flexibility index (Phi) is 12.3. The average Bonchev–Trinajstić information content (AvgIpc) is 2.91. The SMILES string of the molecule is CCCCCCCCSc1nc(Nc2cc(C(C)(C)C)c(O)c(C(C)(C)C)c2)nc(Oc2cc(C(C)(C)C)c(O)c(C(C)(C)C)c2)n1. The van der Waals surface area contributed by atoms with Crippen LogP contribution in [0.4, 0.5) is 11.6 Å². The van der Waals surface area contributed by atoms with E-state index in [-0.39, 0.29) is 27.7 Å². The molecule has 3 rings (SSSR count). The van der Waals surface area contributed by atoms with Crippen molar-refractivity contribution in [2.75, 3.05) is 11.1 Å². The van der Waals surface area contributed by atoms with E-state index in [9.17, 15) is 10.2 Å². The van der Waals surface area contributed by atoms with Crippen LogP contribution in [0, 0.1) is 0 Å². The van der Waals surface area contributed by atoms with Crippen molar-refractivity contribution in [2.45, 2.75) is 155 Å². The highest BCUT2D eigenvalue weighted by atomic mass is 32.2. The van der Waals surface area contributed by atoms with E-state index in [2.05, 4.69) is 95.3 Å². The van der Waals surface area contributed by atoms with Crippen molar-refractivity contribution in [2.24, 2.45) is 0 Å². The van der Waals surface area contributed by atoms with E-state index in [0.29, 0.717) is 28.4 Å². The third kappa shape index (κ3) is 10.8. The summed E-state index contributed by atoms with van der Waals surface area (Å²) in [6.45, 7) is 27.3. The van der Waals surface area contributed by atoms with Gasteiger partial charge in [-0.3, -0.25) is 0 Å². The number of thioether (sulfide) groups is 1. The highest BCUT2D eigenvalue weighted by molar-refractivity contribution is 7.99. The molecule has 0 atom stereocenters. The molecule has 0 amide bonds. The predicted molar refractivity (Wildman–Crippen MR) is 198 cm³/mol. The monoisotopic (exact) mass is 664 g/mol. The largest absolute Gasteiger partial charge is 0.507 e. The third-order valence-corrected chi connectivity index (χ3v) is 9.15. The van der Waals surface area contributed by atoms with E-state index in [1.807, 2.05) is 24.3 Å². The number of hydrogen-bond donors (Lipinski definition) is 3. The molecular weight excluding hydrogens is 605 g/mol. The van der Waals surface area contributed by atoms with Crippen molar-refractivity contribution in [3.05, 3.63) is 46.5 Å².